The Kier molecular flexibility index (Phi) is 4.79. The highest BCUT2D eigenvalue weighted by Gasteiger charge is 2.18. The number of anilines is 2. The number of allylic oxidation sites excluding steroid dienone is 1. The Morgan fingerprint density at radius 1 is 1.13 bits per heavy atom. The molecule has 0 aliphatic carbocycles. The second-order valence-corrected chi connectivity index (χ2v) is 6.62. The monoisotopic (exact) mass is 341 g/mol. The topological polar surface area (TPSA) is 15.9 Å². The summed E-state index contributed by atoms with van der Waals surface area (Å²) < 4.78 is 2.23. The first-order chi connectivity index (χ1) is 11.2. The van der Waals surface area contributed by atoms with Gasteiger partial charge in [-0.2, -0.15) is 0 Å². The number of benzene rings is 2. The van der Waals surface area contributed by atoms with Gasteiger partial charge in [0.15, 0.2) is 0 Å². The van der Waals surface area contributed by atoms with Crippen LogP contribution in [-0.4, -0.2) is 0 Å². The number of halogens is 1. The van der Waals surface area contributed by atoms with Gasteiger partial charge < -0.3 is 0 Å². The first-order valence-corrected chi connectivity index (χ1v) is 8.65. The van der Waals surface area contributed by atoms with E-state index in [2.05, 4.69) is 53.0 Å². The molecule has 0 spiro atoms. The van der Waals surface area contributed by atoms with Gasteiger partial charge in [0.1, 0.15) is 17.9 Å². The molecule has 1 N–H and O–H groups in total. The first-order valence-electron chi connectivity index (χ1n) is 7.39. The van der Waals surface area contributed by atoms with E-state index in [-0.39, 0.29) is 0 Å². The molecule has 1 aromatic heterocycles. The summed E-state index contributed by atoms with van der Waals surface area (Å²) in [6.07, 6.45) is 1.91. The second kappa shape index (κ2) is 6.99. The Labute approximate surface area is 145 Å². The minimum absolute atomic E-state index is 0.737. The van der Waals surface area contributed by atoms with Crippen molar-refractivity contribution >= 4 is 33.8 Å². The summed E-state index contributed by atoms with van der Waals surface area (Å²) >= 11 is 7.63. The normalized spacial score (nSPS) is 10.5. The van der Waals surface area contributed by atoms with E-state index in [0.29, 0.717) is 0 Å². The zero-order valence-corrected chi connectivity index (χ0v) is 14.5. The molecule has 2 nitrogen and oxygen atoms in total. The van der Waals surface area contributed by atoms with Crippen LogP contribution in [-0.2, 0) is 6.54 Å². The molecular weight excluding hydrogens is 324 g/mol. The van der Waals surface area contributed by atoms with Crippen LogP contribution in [0.5, 0.6) is 0 Å². The number of aromatic nitrogens is 1. The fraction of sp³-hybridized carbons (Fsp3) is 0.105. The second-order valence-electron chi connectivity index (χ2n) is 5.32. The van der Waals surface area contributed by atoms with Gasteiger partial charge in [0, 0.05) is 16.0 Å². The molecule has 0 saturated carbocycles. The van der Waals surface area contributed by atoms with Gasteiger partial charge in [-0.05, 0) is 31.2 Å². The molecule has 4 heteroatoms. The van der Waals surface area contributed by atoms with Crippen LogP contribution in [0, 0.1) is 6.92 Å². The zero-order valence-electron chi connectivity index (χ0n) is 12.9. The Morgan fingerprint density at radius 2 is 1.83 bits per heavy atom. The summed E-state index contributed by atoms with van der Waals surface area (Å²) in [4.78, 5) is 0. The maximum Gasteiger partial charge on any atom is 0.339 e. The predicted octanol–water partition coefficient (Wildman–Crippen LogP) is 5.59. The Morgan fingerprint density at radius 3 is 2.48 bits per heavy atom. The SMILES string of the molecule is C=CC[n+]1c(-c2ccc(C)cc2)csc1Nc1ccc(Cl)cc1. The Bertz CT molecular complexity index is 804. The largest absolute Gasteiger partial charge is 0.339 e. The summed E-state index contributed by atoms with van der Waals surface area (Å²) in [6, 6.07) is 16.3. The molecule has 0 aliphatic heterocycles. The zero-order chi connectivity index (χ0) is 16.2. The number of rotatable bonds is 5. The van der Waals surface area contributed by atoms with Gasteiger partial charge >= 0.3 is 5.13 Å². The summed E-state index contributed by atoms with van der Waals surface area (Å²) in [5.41, 5.74) is 4.67. The van der Waals surface area contributed by atoms with Crippen LogP contribution in [0.15, 0.2) is 66.6 Å². The third-order valence-corrected chi connectivity index (χ3v) is 4.71. The summed E-state index contributed by atoms with van der Waals surface area (Å²) in [6.45, 7) is 6.74. The van der Waals surface area contributed by atoms with Crippen molar-refractivity contribution in [1.29, 1.82) is 0 Å². The van der Waals surface area contributed by atoms with Crippen LogP contribution in [0.25, 0.3) is 11.3 Å². The Hall–Kier alpha value is -2.10. The average Bonchev–Trinajstić information content (AvgIpc) is 2.94. The van der Waals surface area contributed by atoms with Crippen LogP contribution in [0.3, 0.4) is 0 Å². The van der Waals surface area contributed by atoms with Crippen LogP contribution in [0.1, 0.15) is 5.56 Å². The molecule has 0 saturated heterocycles. The first kappa shape index (κ1) is 15.8. The summed E-state index contributed by atoms with van der Waals surface area (Å²) in [5, 5.41) is 7.44. The third-order valence-electron chi connectivity index (χ3n) is 3.57. The van der Waals surface area contributed by atoms with Gasteiger partial charge in [-0.15, -0.1) is 0 Å². The van der Waals surface area contributed by atoms with Crippen molar-refractivity contribution in [3.05, 3.63) is 77.2 Å². The van der Waals surface area contributed by atoms with Crippen LogP contribution >= 0.6 is 22.9 Å². The van der Waals surface area contributed by atoms with E-state index in [1.807, 2.05) is 30.3 Å². The van der Waals surface area contributed by atoms with Crippen molar-refractivity contribution in [2.45, 2.75) is 13.5 Å². The molecule has 3 aromatic rings. The average molecular weight is 342 g/mol. The van der Waals surface area contributed by atoms with E-state index in [1.165, 1.54) is 16.8 Å². The lowest BCUT2D eigenvalue weighted by Crippen LogP contribution is -2.35. The highest BCUT2D eigenvalue weighted by molar-refractivity contribution is 7.13. The predicted molar refractivity (Wildman–Crippen MR) is 99.6 cm³/mol. The highest BCUT2D eigenvalue weighted by atomic mass is 35.5. The molecule has 0 fully saturated rings. The molecule has 116 valence electrons. The minimum atomic E-state index is 0.737. The van der Waals surface area contributed by atoms with E-state index in [1.54, 1.807) is 11.3 Å². The van der Waals surface area contributed by atoms with E-state index >= 15 is 0 Å². The summed E-state index contributed by atoms with van der Waals surface area (Å²) in [7, 11) is 0. The molecule has 0 aliphatic rings. The molecule has 0 unspecified atom stereocenters. The van der Waals surface area contributed by atoms with E-state index in [0.717, 1.165) is 22.4 Å². The van der Waals surface area contributed by atoms with E-state index in [4.69, 9.17) is 11.6 Å². The molecule has 23 heavy (non-hydrogen) atoms. The van der Waals surface area contributed by atoms with E-state index < -0.39 is 0 Å². The van der Waals surface area contributed by atoms with Crippen LogP contribution in [0.4, 0.5) is 10.8 Å². The lowest BCUT2D eigenvalue weighted by Gasteiger charge is -2.04. The molecular formula is C19H18ClN2S+. The maximum atomic E-state index is 5.95. The van der Waals surface area contributed by atoms with Crippen molar-refractivity contribution in [2.75, 3.05) is 5.32 Å². The van der Waals surface area contributed by atoms with Crippen molar-refractivity contribution in [3.8, 4) is 11.3 Å². The molecule has 3 rings (SSSR count). The number of nitrogens with one attached hydrogen (secondary N) is 1. The van der Waals surface area contributed by atoms with Gasteiger partial charge in [-0.3, -0.25) is 0 Å². The van der Waals surface area contributed by atoms with Gasteiger partial charge in [-0.25, -0.2) is 9.88 Å². The molecule has 2 aromatic carbocycles. The van der Waals surface area contributed by atoms with Crippen molar-refractivity contribution < 1.29 is 4.57 Å². The molecule has 0 atom stereocenters. The van der Waals surface area contributed by atoms with Crippen molar-refractivity contribution in [1.82, 2.24) is 0 Å². The standard InChI is InChI=1S/C19H17ClN2S/c1-3-12-22-18(15-6-4-14(2)5-7-15)13-23-19(22)21-17-10-8-16(20)9-11-17/h3-11,13H,1,12H2,2H3/p+1. The van der Waals surface area contributed by atoms with Gasteiger partial charge in [0.25, 0.3) is 0 Å². The van der Waals surface area contributed by atoms with Gasteiger partial charge in [0.05, 0.1) is 0 Å². The van der Waals surface area contributed by atoms with E-state index in [9.17, 15) is 0 Å². The number of thiazole rings is 1. The number of nitrogens with zero attached hydrogens (tertiary/aromatic N) is 1. The molecule has 0 amide bonds. The van der Waals surface area contributed by atoms with Crippen LogP contribution < -0.4 is 9.88 Å². The minimum Gasteiger partial charge on any atom is -0.231 e. The maximum absolute atomic E-state index is 5.95. The Balaban J connectivity index is 1.96. The van der Waals surface area contributed by atoms with Crippen molar-refractivity contribution in [2.24, 2.45) is 0 Å². The van der Waals surface area contributed by atoms with Crippen LogP contribution in [0.2, 0.25) is 5.02 Å². The molecule has 0 radical (unpaired) electrons. The lowest BCUT2D eigenvalue weighted by molar-refractivity contribution is -0.657. The van der Waals surface area contributed by atoms with Crippen molar-refractivity contribution in [3.63, 3.8) is 0 Å². The third kappa shape index (κ3) is 3.63. The molecule has 0 bridgehead atoms. The molecule has 1 heterocycles. The number of hydrogen-bond donors (Lipinski definition) is 1. The smallest absolute Gasteiger partial charge is 0.231 e. The number of hydrogen-bond acceptors (Lipinski definition) is 2. The summed E-state index contributed by atoms with van der Waals surface area (Å²) in [5.74, 6) is 0. The highest BCUT2D eigenvalue weighted by Crippen LogP contribution is 2.26. The lowest BCUT2D eigenvalue weighted by atomic mass is 10.1. The fourth-order valence-corrected chi connectivity index (χ4v) is 3.45. The number of aryl methyl sites for hydroxylation is 1. The van der Waals surface area contributed by atoms with Gasteiger partial charge in [0.2, 0.25) is 0 Å². The quantitative estimate of drug-likeness (QED) is 0.472. The van der Waals surface area contributed by atoms with Gasteiger partial charge in [-0.1, -0.05) is 65.4 Å². The fourth-order valence-electron chi connectivity index (χ4n) is 2.36.